The van der Waals surface area contributed by atoms with Crippen molar-refractivity contribution in [3.63, 3.8) is 0 Å². The van der Waals surface area contributed by atoms with Gasteiger partial charge in [-0.25, -0.2) is 0 Å². The number of hydrogen-bond donors (Lipinski definition) is 1. The number of nitrogens with zero attached hydrogens (tertiary/aromatic N) is 1. The van der Waals surface area contributed by atoms with Gasteiger partial charge in [0.05, 0.1) is 18.9 Å². The minimum absolute atomic E-state index is 0.00148. The maximum Gasteiger partial charge on any atom is 0.147 e. The second-order valence-corrected chi connectivity index (χ2v) is 3.21. The summed E-state index contributed by atoms with van der Waals surface area (Å²) in [5, 5.41) is 11.3. The monoisotopic (exact) mass is 159 g/mol. The Kier molecular flexibility index (Phi) is 2.46. The predicted molar refractivity (Wildman–Crippen MR) is 39.8 cm³/mol. The molecule has 0 aromatic heterocycles. The second-order valence-electron chi connectivity index (χ2n) is 3.21. The second kappa shape index (κ2) is 3.19. The van der Waals surface area contributed by atoms with Crippen molar-refractivity contribution in [3.05, 3.63) is 0 Å². The summed E-state index contributed by atoms with van der Waals surface area (Å²) in [6.07, 6.45) is 1.46. The maximum atomic E-state index is 8.34. The summed E-state index contributed by atoms with van der Waals surface area (Å²) in [5.41, 5.74) is -0.259. The lowest BCUT2D eigenvalue weighted by Crippen LogP contribution is -2.32. The fourth-order valence-corrected chi connectivity index (χ4v) is 0.995. The Bertz CT molecular complexity index is 150. The molecule has 11 heavy (non-hydrogen) atoms. The van der Waals surface area contributed by atoms with Crippen molar-refractivity contribution in [1.29, 1.82) is 0 Å². The Morgan fingerprint density at radius 1 is 1.64 bits per heavy atom. The molecule has 0 spiro atoms. The third kappa shape index (κ3) is 1.91. The molecule has 1 atom stereocenters. The Balaban J connectivity index is 2.55. The minimum Gasteiger partial charge on any atom is -0.411 e. The van der Waals surface area contributed by atoms with E-state index < -0.39 is 0 Å². The highest BCUT2D eigenvalue weighted by Crippen LogP contribution is 2.24. The van der Waals surface area contributed by atoms with Crippen LogP contribution in [-0.2, 0) is 9.47 Å². The summed E-state index contributed by atoms with van der Waals surface area (Å²) in [5.74, 6) is 0. The molecule has 4 nitrogen and oxygen atoms in total. The lowest BCUT2D eigenvalue weighted by molar-refractivity contribution is 0.0230. The summed E-state index contributed by atoms with van der Waals surface area (Å²) in [6.45, 7) is 4.78. The molecule has 4 heteroatoms. The molecule has 1 N–H and O–H groups in total. The zero-order chi connectivity index (χ0) is 8.32. The third-order valence-corrected chi connectivity index (χ3v) is 1.84. The van der Waals surface area contributed by atoms with Gasteiger partial charge in [-0.2, -0.15) is 0 Å². The van der Waals surface area contributed by atoms with E-state index >= 15 is 0 Å². The Hall–Kier alpha value is -0.610. The highest BCUT2D eigenvalue weighted by atomic mass is 16.7. The van der Waals surface area contributed by atoms with E-state index in [4.69, 9.17) is 14.7 Å². The van der Waals surface area contributed by atoms with Gasteiger partial charge in [0, 0.05) is 5.41 Å². The van der Waals surface area contributed by atoms with Gasteiger partial charge in [-0.3, -0.25) is 0 Å². The Labute approximate surface area is 65.8 Å². The van der Waals surface area contributed by atoms with Gasteiger partial charge in [0.1, 0.15) is 6.79 Å². The van der Waals surface area contributed by atoms with Gasteiger partial charge in [-0.15, -0.1) is 5.16 Å². The Morgan fingerprint density at radius 3 is 2.82 bits per heavy atom. The largest absolute Gasteiger partial charge is 0.411 e. The number of hydrogen-bond acceptors (Lipinski definition) is 4. The average molecular weight is 159 g/mol. The molecule has 1 aliphatic heterocycles. The molecule has 1 heterocycles. The molecule has 0 radical (unpaired) electrons. The van der Waals surface area contributed by atoms with Gasteiger partial charge < -0.3 is 14.7 Å². The van der Waals surface area contributed by atoms with Crippen LogP contribution < -0.4 is 0 Å². The smallest absolute Gasteiger partial charge is 0.147 e. The van der Waals surface area contributed by atoms with Gasteiger partial charge in [0.2, 0.25) is 0 Å². The molecule has 0 aromatic carbocycles. The minimum atomic E-state index is -0.259. The molecule has 64 valence electrons. The van der Waals surface area contributed by atoms with Crippen LogP contribution in [0.15, 0.2) is 5.16 Å². The first kappa shape index (κ1) is 8.49. The molecular weight excluding hydrogens is 146 g/mol. The topological polar surface area (TPSA) is 51.1 Å². The standard InChI is InChI=1S/C7H13NO3/c1-7(2,4-8-9)6-3-10-5-11-6/h4,6,9H,3,5H2,1-2H3/b8-4+. The van der Waals surface area contributed by atoms with Crippen LogP contribution in [0.3, 0.4) is 0 Å². The van der Waals surface area contributed by atoms with Crippen molar-refractivity contribution >= 4 is 6.21 Å². The van der Waals surface area contributed by atoms with Crippen LogP contribution in [0.1, 0.15) is 13.8 Å². The predicted octanol–water partition coefficient (Wildman–Crippen LogP) is 0.845. The van der Waals surface area contributed by atoms with Crippen molar-refractivity contribution in [3.8, 4) is 0 Å². The zero-order valence-electron chi connectivity index (χ0n) is 6.78. The molecule has 0 aliphatic carbocycles. The summed E-state index contributed by atoms with van der Waals surface area (Å²) in [7, 11) is 0. The van der Waals surface area contributed by atoms with Crippen LogP contribution in [0.25, 0.3) is 0 Å². The molecule has 0 bridgehead atoms. The molecule has 1 rings (SSSR count). The van der Waals surface area contributed by atoms with Crippen LogP contribution >= 0.6 is 0 Å². The van der Waals surface area contributed by atoms with Gasteiger partial charge >= 0.3 is 0 Å². The SMILES string of the molecule is CC(C)(/C=N/O)C1COCO1. The molecule has 0 aromatic rings. The maximum absolute atomic E-state index is 8.34. The van der Waals surface area contributed by atoms with Crippen molar-refractivity contribution < 1.29 is 14.7 Å². The lowest BCUT2D eigenvalue weighted by Gasteiger charge is -2.23. The van der Waals surface area contributed by atoms with Gasteiger partial charge in [-0.1, -0.05) is 13.8 Å². The highest BCUT2D eigenvalue weighted by Gasteiger charge is 2.32. The van der Waals surface area contributed by atoms with Gasteiger partial charge in [-0.05, 0) is 0 Å². The summed E-state index contributed by atoms with van der Waals surface area (Å²) in [4.78, 5) is 0. The van der Waals surface area contributed by atoms with E-state index in [1.165, 1.54) is 6.21 Å². The summed E-state index contributed by atoms with van der Waals surface area (Å²) in [6, 6.07) is 0. The number of oxime groups is 1. The molecule has 1 fully saturated rings. The van der Waals surface area contributed by atoms with Crippen LogP contribution in [0.5, 0.6) is 0 Å². The van der Waals surface area contributed by atoms with E-state index in [1.54, 1.807) is 0 Å². The Morgan fingerprint density at radius 2 is 2.36 bits per heavy atom. The molecule has 0 saturated carbocycles. The zero-order valence-corrected chi connectivity index (χ0v) is 6.78. The number of rotatable bonds is 2. The summed E-state index contributed by atoms with van der Waals surface area (Å²) < 4.78 is 10.3. The van der Waals surface area contributed by atoms with Crippen LogP contribution in [-0.4, -0.2) is 30.9 Å². The summed E-state index contributed by atoms with van der Waals surface area (Å²) >= 11 is 0. The lowest BCUT2D eigenvalue weighted by atomic mass is 9.88. The van der Waals surface area contributed by atoms with Crippen molar-refractivity contribution in [2.75, 3.05) is 13.4 Å². The molecular formula is C7H13NO3. The first-order valence-electron chi connectivity index (χ1n) is 3.55. The van der Waals surface area contributed by atoms with Crippen LogP contribution in [0.4, 0.5) is 0 Å². The van der Waals surface area contributed by atoms with Crippen molar-refractivity contribution in [1.82, 2.24) is 0 Å². The van der Waals surface area contributed by atoms with E-state index in [9.17, 15) is 0 Å². The van der Waals surface area contributed by atoms with E-state index in [2.05, 4.69) is 5.16 Å². The van der Waals surface area contributed by atoms with Crippen molar-refractivity contribution in [2.45, 2.75) is 20.0 Å². The third-order valence-electron chi connectivity index (χ3n) is 1.84. The molecule has 1 saturated heterocycles. The highest BCUT2D eigenvalue weighted by molar-refractivity contribution is 5.64. The fraction of sp³-hybridized carbons (Fsp3) is 0.857. The van der Waals surface area contributed by atoms with E-state index in [1.807, 2.05) is 13.8 Å². The van der Waals surface area contributed by atoms with E-state index in [-0.39, 0.29) is 11.5 Å². The van der Waals surface area contributed by atoms with Crippen LogP contribution in [0, 0.1) is 5.41 Å². The molecule has 1 aliphatic rings. The first-order valence-corrected chi connectivity index (χ1v) is 3.55. The van der Waals surface area contributed by atoms with E-state index in [0.29, 0.717) is 13.4 Å². The van der Waals surface area contributed by atoms with Crippen LogP contribution in [0.2, 0.25) is 0 Å². The number of ether oxygens (including phenoxy) is 2. The first-order chi connectivity index (χ1) is 5.17. The average Bonchev–Trinajstić information content (AvgIpc) is 2.37. The molecule has 0 amide bonds. The molecule has 1 unspecified atom stereocenters. The normalized spacial score (nSPS) is 26.5. The van der Waals surface area contributed by atoms with E-state index in [0.717, 1.165) is 0 Å². The van der Waals surface area contributed by atoms with Gasteiger partial charge in [0.15, 0.2) is 0 Å². The quantitative estimate of drug-likeness (QED) is 0.369. The fourth-order valence-electron chi connectivity index (χ4n) is 0.995. The van der Waals surface area contributed by atoms with Crippen molar-refractivity contribution in [2.24, 2.45) is 10.6 Å². The van der Waals surface area contributed by atoms with Gasteiger partial charge in [0.25, 0.3) is 0 Å².